The van der Waals surface area contributed by atoms with Crippen LogP contribution in [0.15, 0.2) is 18.2 Å². The molecule has 110 valence electrons. The molecule has 1 aliphatic rings. The van der Waals surface area contributed by atoms with Crippen LogP contribution in [0.4, 0.5) is 0 Å². The average Bonchev–Trinajstić information content (AvgIpc) is 2.89. The lowest BCUT2D eigenvalue weighted by Crippen LogP contribution is -2.28. The largest absolute Gasteiger partial charge is 0.497 e. The molecule has 0 bridgehead atoms. The van der Waals surface area contributed by atoms with Gasteiger partial charge >= 0.3 is 0 Å². The summed E-state index contributed by atoms with van der Waals surface area (Å²) in [5, 5.41) is 2.99. The number of methoxy groups -OCH3 is 2. The number of carbonyl (C=O) groups excluding carboxylic acids is 1. The van der Waals surface area contributed by atoms with Crippen molar-refractivity contribution in [3.8, 4) is 11.5 Å². The number of ether oxygens (including phenoxy) is 2. The van der Waals surface area contributed by atoms with E-state index in [1.54, 1.807) is 32.4 Å². The van der Waals surface area contributed by atoms with Gasteiger partial charge in [-0.3, -0.25) is 4.79 Å². The highest BCUT2D eigenvalue weighted by molar-refractivity contribution is 9.09. The monoisotopic (exact) mass is 341 g/mol. The molecule has 1 N–H and O–H groups in total. The van der Waals surface area contributed by atoms with Crippen molar-refractivity contribution in [1.29, 1.82) is 0 Å². The zero-order chi connectivity index (χ0) is 14.5. The van der Waals surface area contributed by atoms with Crippen LogP contribution in [-0.2, 0) is 0 Å². The molecule has 2 atom stereocenters. The summed E-state index contributed by atoms with van der Waals surface area (Å²) in [7, 11) is 3.15. The minimum Gasteiger partial charge on any atom is -0.497 e. The highest BCUT2D eigenvalue weighted by Gasteiger charge is 2.23. The van der Waals surface area contributed by atoms with Crippen LogP contribution in [0.2, 0.25) is 0 Å². The minimum absolute atomic E-state index is 0.0831. The Kier molecular flexibility index (Phi) is 5.29. The minimum atomic E-state index is -0.0831. The van der Waals surface area contributed by atoms with Crippen LogP contribution in [0.1, 0.15) is 29.6 Å². The number of rotatable bonds is 5. The number of alkyl halides is 1. The van der Waals surface area contributed by atoms with E-state index in [2.05, 4.69) is 21.2 Å². The molecular formula is C15H20BrNO3. The molecular weight excluding hydrogens is 322 g/mol. The first-order chi connectivity index (χ1) is 9.62. The Hall–Kier alpha value is -1.23. The zero-order valence-corrected chi connectivity index (χ0v) is 13.4. The van der Waals surface area contributed by atoms with E-state index in [0.717, 1.165) is 19.4 Å². The van der Waals surface area contributed by atoms with E-state index in [1.807, 2.05) is 0 Å². The number of halogens is 1. The fourth-order valence-electron chi connectivity index (χ4n) is 2.48. The van der Waals surface area contributed by atoms with E-state index in [-0.39, 0.29) is 5.91 Å². The van der Waals surface area contributed by atoms with Crippen molar-refractivity contribution in [2.75, 3.05) is 20.8 Å². The summed E-state index contributed by atoms with van der Waals surface area (Å²) in [5.41, 5.74) is 0.564. The Bertz CT molecular complexity index is 456. The van der Waals surface area contributed by atoms with Gasteiger partial charge in [-0.05, 0) is 37.3 Å². The van der Waals surface area contributed by atoms with Crippen LogP contribution in [0.3, 0.4) is 0 Å². The molecule has 1 fully saturated rings. The fourth-order valence-corrected chi connectivity index (χ4v) is 3.27. The number of benzene rings is 1. The zero-order valence-electron chi connectivity index (χ0n) is 11.8. The summed E-state index contributed by atoms with van der Waals surface area (Å²) in [6, 6.07) is 5.20. The van der Waals surface area contributed by atoms with Gasteiger partial charge in [-0.15, -0.1) is 0 Å². The van der Waals surface area contributed by atoms with Gasteiger partial charge < -0.3 is 14.8 Å². The van der Waals surface area contributed by atoms with Gasteiger partial charge in [0.25, 0.3) is 5.91 Å². The predicted molar refractivity (Wildman–Crippen MR) is 81.9 cm³/mol. The maximum absolute atomic E-state index is 12.2. The third-order valence-corrected chi connectivity index (χ3v) is 4.47. The molecule has 4 nitrogen and oxygen atoms in total. The van der Waals surface area contributed by atoms with Crippen molar-refractivity contribution >= 4 is 21.8 Å². The lowest BCUT2D eigenvalue weighted by molar-refractivity contribution is 0.0946. The number of amides is 1. The van der Waals surface area contributed by atoms with Crippen LogP contribution in [-0.4, -0.2) is 31.5 Å². The molecule has 0 saturated heterocycles. The molecule has 5 heteroatoms. The van der Waals surface area contributed by atoms with Crippen LogP contribution in [0.25, 0.3) is 0 Å². The molecule has 2 rings (SSSR count). The summed E-state index contributed by atoms with van der Waals surface area (Å²) in [4.78, 5) is 12.8. The van der Waals surface area contributed by atoms with E-state index in [1.165, 1.54) is 6.42 Å². The van der Waals surface area contributed by atoms with E-state index in [4.69, 9.17) is 9.47 Å². The lowest BCUT2D eigenvalue weighted by atomic mass is 10.1. The third-order valence-electron chi connectivity index (χ3n) is 3.64. The molecule has 1 amide bonds. The molecule has 0 spiro atoms. The van der Waals surface area contributed by atoms with Gasteiger partial charge in [-0.25, -0.2) is 0 Å². The first-order valence-corrected chi connectivity index (χ1v) is 7.69. The van der Waals surface area contributed by atoms with Gasteiger partial charge in [0.15, 0.2) is 0 Å². The first kappa shape index (κ1) is 15.2. The molecule has 20 heavy (non-hydrogen) atoms. The Morgan fingerprint density at radius 2 is 1.90 bits per heavy atom. The highest BCUT2D eigenvalue weighted by atomic mass is 79.9. The van der Waals surface area contributed by atoms with Gasteiger partial charge in [0.05, 0.1) is 14.2 Å². The van der Waals surface area contributed by atoms with Crippen LogP contribution >= 0.6 is 15.9 Å². The van der Waals surface area contributed by atoms with Crippen molar-refractivity contribution < 1.29 is 14.3 Å². The van der Waals surface area contributed by atoms with Crippen LogP contribution in [0.5, 0.6) is 11.5 Å². The summed E-state index contributed by atoms with van der Waals surface area (Å²) in [6.07, 6.45) is 3.48. The van der Waals surface area contributed by atoms with Crippen molar-refractivity contribution in [1.82, 2.24) is 5.32 Å². The Morgan fingerprint density at radius 1 is 1.25 bits per heavy atom. The van der Waals surface area contributed by atoms with Crippen LogP contribution in [0, 0.1) is 5.92 Å². The molecule has 1 aromatic carbocycles. The molecule has 0 aliphatic heterocycles. The second-order valence-corrected chi connectivity index (χ2v) is 6.38. The van der Waals surface area contributed by atoms with E-state index >= 15 is 0 Å². The molecule has 0 radical (unpaired) electrons. The molecule has 1 saturated carbocycles. The van der Waals surface area contributed by atoms with E-state index < -0.39 is 0 Å². The van der Waals surface area contributed by atoms with Crippen molar-refractivity contribution in [2.24, 2.45) is 5.92 Å². The molecule has 0 aromatic heterocycles. The normalized spacial score (nSPS) is 21.6. The third kappa shape index (κ3) is 3.88. The summed E-state index contributed by atoms with van der Waals surface area (Å²) in [5.74, 6) is 1.72. The number of nitrogens with one attached hydrogen (secondary N) is 1. The highest BCUT2D eigenvalue weighted by Crippen LogP contribution is 2.30. The van der Waals surface area contributed by atoms with Gasteiger partial charge in [0.2, 0.25) is 0 Å². The van der Waals surface area contributed by atoms with Gasteiger partial charge in [0.1, 0.15) is 11.5 Å². The van der Waals surface area contributed by atoms with Crippen molar-refractivity contribution in [2.45, 2.75) is 24.1 Å². The summed E-state index contributed by atoms with van der Waals surface area (Å²) in [6.45, 7) is 0.723. The molecule has 2 unspecified atom stereocenters. The summed E-state index contributed by atoms with van der Waals surface area (Å²) < 4.78 is 10.3. The Morgan fingerprint density at radius 3 is 2.40 bits per heavy atom. The fraction of sp³-hybridized carbons (Fsp3) is 0.533. The van der Waals surface area contributed by atoms with E-state index in [0.29, 0.717) is 27.8 Å². The van der Waals surface area contributed by atoms with Crippen molar-refractivity contribution in [3.63, 3.8) is 0 Å². The smallest absolute Gasteiger partial charge is 0.251 e. The van der Waals surface area contributed by atoms with Gasteiger partial charge in [0, 0.05) is 23.0 Å². The maximum Gasteiger partial charge on any atom is 0.251 e. The number of hydrogen-bond donors (Lipinski definition) is 1. The number of carbonyl (C=O) groups is 1. The maximum atomic E-state index is 12.2. The van der Waals surface area contributed by atoms with Gasteiger partial charge in [-0.1, -0.05) is 15.9 Å². The lowest BCUT2D eigenvalue weighted by Gasteiger charge is -2.12. The molecule has 1 aliphatic carbocycles. The second kappa shape index (κ2) is 6.97. The van der Waals surface area contributed by atoms with Crippen LogP contribution < -0.4 is 14.8 Å². The summed E-state index contributed by atoms with van der Waals surface area (Å²) >= 11 is 3.62. The SMILES string of the molecule is COc1cc(OC)cc(C(=O)NCC2CCC(Br)C2)c1. The topological polar surface area (TPSA) is 47.6 Å². The average molecular weight is 342 g/mol. The predicted octanol–water partition coefficient (Wildman–Crippen LogP) is 3.00. The first-order valence-electron chi connectivity index (χ1n) is 6.77. The van der Waals surface area contributed by atoms with E-state index in [9.17, 15) is 4.79 Å². The van der Waals surface area contributed by atoms with Crippen molar-refractivity contribution in [3.05, 3.63) is 23.8 Å². The van der Waals surface area contributed by atoms with Gasteiger partial charge in [-0.2, -0.15) is 0 Å². The Labute approximate surface area is 128 Å². The molecule has 0 heterocycles. The molecule has 1 aromatic rings. The Balaban J connectivity index is 1.97. The quantitative estimate of drug-likeness (QED) is 0.837. The second-order valence-electron chi connectivity index (χ2n) is 5.09. The number of hydrogen-bond acceptors (Lipinski definition) is 3. The standard InChI is InChI=1S/C15H20BrNO3/c1-19-13-6-11(7-14(8-13)20-2)15(18)17-9-10-3-4-12(16)5-10/h6-8,10,12H,3-5,9H2,1-2H3,(H,17,18).